The molecule has 2 heteroatoms. The fourth-order valence-corrected chi connectivity index (χ4v) is 1.53. The van der Waals surface area contributed by atoms with E-state index in [0.29, 0.717) is 6.29 Å². The molecule has 0 aliphatic rings. The predicted molar refractivity (Wildman–Crippen MR) is 61.1 cm³/mol. The van der Waals surface area contributed by atoms with E-state index in [4.69, 9.17) is 5.41 Å². The van der Waals surface area contributed by atoms with Crippen molar-refractivity contribution in [3.63, 3.8) is 0 Å². The molecule has 0 aliphatic carbocycles. The first-order valence-corrected chi connectivity index (χ1v) is 4.59. The standard InChI is InChI=1S/C13H9NO/c14-8-13(9-15)12-6-5-10-3-1-2-4-11(10)7-12/h1-7,9,14H. The SMILES string of the molecule is N=C=C(C=O)c1ccc2ccccc2c1. The molecule has 0 atom stereocenters. The number of hydrogen-bond acceptors (Lipinski definition) is 2. The van der Waals surface area contributed by atoms with Gasteiger partial charge in [-0.05, 0) is 28.3 Å². The van der Waals surface area contributed by atoms with Crippen molar-refractivity contribution in [3.8, 4) is 0 Å². The van der Waals surface area contributed by atoms with Crippen LogP contribution in [0.15, 0.2) is 42.5 Å². The van der Waals surface area contributed by atoms with Crippen LogP contribution in [-0.2, 0) is 4.79 Å². The third kappa shape index (κ3) is 1.71. The lowest BCUT2D eigenvalue weighted by Gasteiger charge is -2.00. The molecule has 0 amide bonds. The molecule has 0 aromatic heterocycles. The van der Waals surface area contributed by atoms with E-state index in [1.807, 2.05) is 42.5 Å². The van der Waals surface area contributed by atoms with Gasteiger partial charge in [0.05, 0.1) is 5.57 Å². The summed E-state index contributed by atoms with van der Waals surface area (Å²) in [6, 6.07) is 13.6. The molecule has 2 aromatic carbocycles. The molecular weight excluding hydrogens is 186 g/mol. The second kappa shape index (κ2) is 3.91. The minimum atomic E-state index is 0.278. The van der Waals surface area contributed by atoms with Crippen LogP contribution in [0.3, 0.4) is 0 Å². The molecule has 0 saturated heterocycles. The van der Waals surface area contributed by atoms with Crippen molar-refractivity contribution >= 4 is 28.5 Å². The Labute approximate surface area is 87.4 Å². The summed E-state index contributed by atoms with van der Waals surface area (Å²) in [4.78, 5) is 10.7. The Balaban J connectivity index is 2.66. The van der Waals surface area contributed by atoms with Gasteiger partial charge in [-0.3, -0.25) is 10.2 Å². The highest BCUT2D eigenvalue weighted by molar-refractivity contribution is 6.18. The first-order valence-electron chi connectivity index (χ1n) is 4.59. The lowest BCUT2D eigenvalue weighted by molar-refractivity contribution is -0.103. The maximum Gasteiger partial charge on any atom is 0.159 e. The summed E-state index contributed by atoms with van der Waals surface area (Å²) >= 11 is 0. The Morgan fingerprint density at radius 1 is 1.13 bits per heavy atom. The first-order chi connectivity index (χ1) is 7.35. The number of nitrogens with one attached hydrogen (secondary N) is 1. The van der Waals surface area contributed by atoms with E-state index in [0.717, 1.165) is 16.3 Å². The zero-order valence-electron chi connectivity index (χ0n) is 8.03. The van der Waals surface area contributed by atoms with Crippen molar-refractivity contribution in [1.29, 1.82) is 5.41 Å². The average Bonchev–Trinajstić information content (AvgIpc) is 2.30. The Morgan fingerprint density at radius 3 is 2.53 bits per heavy atom. The van der Waals surface area contributed by atoms with Crippen molar-refractivity contribution in [3.05, 3.63) is 48.0 Å². The zero-order chi connectivity index (χ0) is 10.7. The fourth-order valence-electron chi connectivity index (χ4n) is 1.53. The molecule has 2 aromatic rings. The number of aldehydes is 1. The molecule has 0 radical (unpaired) electrons. The average molecular weight is 195 g/mol. The van der Waals surface area contributed by atoms with Crippen molar-refractivity contribution in [2.24, 2.45) is 0 Å². The molecule has 0 fully saturated rings. The molecule has 0 aliphatic heterocycles. The first kappa shape index (κ1) is 9.38. The Kier molecular flexibility index (Phi) is 2.44. The summed E-state index contributed by atoms with van der Waals surface area (Å²) < 4.78 is 0. The molecule has 0 spiro atoms. The van der Waals surface area contributed by atoms with Crippen molar-refractivity contribution < 1.29 is 4.79 Å². The molecule has 72 valence electrons. The van der Waals surface area contributed by atoms with E-state index in [-0.39, 0.29) is 5.57 Å². The Hall–Kier alpha value is -2.18. The van der Waals surface area contributed by atoms with E-state index in [1.165, 1.54) is 0 Å². The summed E-state index contributed by atoms with van der Waals surface area (Å²) in [7, 11) is 0. The summed E-state index contributed by atoms with van der Waals surface area (Å²) in [5, 5.41) is 9.17. The highest BCUT2D eigenvalue weighted by Crippen LogP contribution is 2.18. The highest BCUT2D eigenvalue weighted by atomic mass is 16.1. The molecule has 0 heterocycles. The molecule has 0 saturated carbocycles. The topological polar surface area (TPSA) is 40.9 Å². The lowest BCUT2D eigenvalue weighted by atomic mass is 10.0. The molecule has 15 heavy (non-hydrogen) atoms. The van der Waals surface area contributed by atoms with Crippen LogP contribution >= 0.6 is 0 Å². The van der Waals surface area contributed by atoms with Crippen LogP contribution in [-0.4, -0.2) is 12.2 Å². The summed E-state index contributed by atoms with van der Waals surface area (Å²) in [6.45, 7) is 0. The maximum atomic E-state index is 10.7. The molecule has 0 unspecified atom stereocenters. The quantitative estimate of drug-likeness (QED) is 0.446. The number of allylic oxidation sites excluding steroid dienone is 1. The van der Waals surface area contributed by atoms with E-state index < -0.39 is 0 Å². The van der Waals surface area contributed by atoms with Crippen LogP contribution in [0, 0.1) is 5.41 Å². The Morgan fingerprint density at radius 2 is 1.87 bits per heavy atom. The number of rotatable bonds is 2. The van der Waals surface area contributed by atoms with Gasteiger partial charge in [-0.2, -0.15) is 0 Å². The van der Waals surface area contributed by atoms with E-state index in [9.17, 15) is 4.79 Å². The summed E-state index contributed by atoms with van der Waals surface area (Å²) in [6.07, 6.45) is 0.650. The number of carbonyl (C=O) groups excluding carboxylic acids is 1. The van der Waals surface area contributed by atoms with E-state index in [2.05, 4.69) is 5.87 Å². The van der Waals surface area contributed by atoms with Crippen molar-refractivity contribution in [1.82, 2.24) is 0 Å². The van der Waals surface area contributed by atoms with Gasteiger partial charge in [-0.1, -0.05) is 36.4 Å². The van der Waals surface area contributed by atoms with Crippen molar-refractivity contribution in [2.45, 2.75) is 0 Å². The van der Waals surface area contributed by atoms with Gasteiger partial charge in [0.2, 0.25) is 0 Å². The monoisotopic (exact) mass is 195 g/mol. The number of benzene rings is 2. The van der Waals surface area contributed by atoms with Crippen molar-refractivity contribution in [2.75, 3.05) is 0 Å². The third-order valence-electron chi connectivity index (χ3n) is 2.31. The summed E-state index contributed by atoms with van der Waals surface area (Å²) in [5.41, 5.74) is 1.01. The van der Waals surface area contributed by atoms with Crippen LogP contribution in [0.25, 0.3) is 16.3 Å². The second-order valence-electron chi connectivity index (χ2n) is 3.22. The minimum Gasteiger partial charge on any atom is -0.297 e. The van der Waals surface area contributed by atoms with Gasteiger partial charge in [0.25, 0.3) is 0 Å². The van der Waals surface area contributed by atoms with Crippen LogP contribution in [0.4, 0.5) is 0 Å². The smallest absolute Gasteiger partial charge is 0.159 e. The van der Waals surface area contributed by atoms with Crippen LogP contribution < -0.4 is 0 Å². The lowest BCUT2D eigenvalue weighted by Crippen LogP contribution is -1.86. The maximum absolute atomic E-state index is 10.7. The second-order valence-corrected chi connectivity index (χ2v) is 3.22. The van der Waals surface area contributed by atoms with Gasteiger partial charge in [-0.25, -0.2) is 0 Å². The minimum absolute atomic E-state index is 0.278. The molecule has 1 N–H and O–H groups in total. The predicted octanol–water partition coefficient (Wildman–Crippen LogP) is 2.67. The number of fused-ring (bicyclic) bond motifs is 1. The fraction of sp³-hybridized carbons (Fsp3) is 0. The third-order valence-corrected chi connectivity index (χ3v) is 2.31. The zero-order valence-corrected chi connectivity index (χ0v) is 8.03. The van der Waals surface area contributed by atoms with E-state index >= 15 is 0 Å². The molecule has 2 rings (SSSR count). The molecule has 0 bridgehead atoms. The Bertz CT molecular complexity index is 566. The number of hydrogen-bond donors (Lipinski definition) is 1. The molecular formula is C13H9NO. The van der Waals surface area contributed by atoms with Crippen LogP contribution in [0.1, 0.15) is 5.56 Å². The number of carbonyl (C=O) groups is 1. The molecule has 2 nitrogen and oxygen atoms in total. The normalized spacial score (nSPS) is 9.60. The summed E-state index contributed by atoms with van der Waals surface area (Å²) in [5.74, 6) is 2.13. The highest BCUT2D eigenvalue weighted by Gasteiger charge is 2.00. The van der Waals surface area contributed by atoms with Gasteiger partial charge in [0.1, 0.15) is 0 Å². The van der Waals surface area contributed by atoms with Gasteiger partial charge < -0.3 is 0 Å². The van der Waals surface area contributed by atoms with E-state index in [1.54, 1.807) is 0 Å². The van der Waals surface area contributed by atoms with Gasteiger partial charge >= 0.3 is 0 Å². The van der Waals surface area contributed by atoms with Gasteiger partial charge in [0, 0.05) is 0 Å². The van der Waals surface area contributed by atoms with Gasteiger partial charge in [-0.15, -0.1) is 0 Å². The van der Waals surface area contributed by atoms with Crippen LogP contribution in [0.5, 0.6) is 0 Å². The van der Waals surface area contributed by atoms with Crippen LogP contribution in [0.2, 0.25) is 0 Å². The largest absolute Gasteiger partial charge is 0.297 e. The van der Waals surface area contributed by atoms with Gasteiger partial charge in [0.15, 0.2) is 6.29 Å².